The quantitative estimate of drug-likeness (QED) is 0.548. The van der Waals surface area contributed by atoms with Gasteiger partial charge < -0.3 is 11.5 Å². The standard InChI is InChI=1S/C21H20.C8H8N2O2/c1-2-6-15-8-5-10-19-18(15)13-14-20-17-9-4-3-7-16(17)11-12-21(19)20;9-7(11)5-3-1-2-4-6(5)8(10)12/h2-4,7-9,13-14H,1,5-6,10-12H2;1-4H,(H2,9,11)(H2,10,12). The molecule has 4 N–H and O–H groups in total. The third-order valence-electron chi connectivity index (χ3n) is 6.34. The smallest absolute Gasteiger partial charge is 0.249 e. The van der Waals surface area contributed by atoms with E-state index in [1.807, 2.05) is 6.08 Å². The Labute approximate surface area is 194 Å². The van der Waals surface area contributed by atoms with Crippen molar-refractivity contribution in [2.75, 3.05) is 0 Å². The Balaban J connectivity index is 0.000000185. The second kappa shape index (κ2) is 9.70. The van der Waals surface area contributed by atoms with Crippen LogP contribution in [0.15, 0.2) is 79.4 Å². The number of carbonyl (C=O) groups is 2. The van der Waals surface area contributed by atoms with Gasteiger partial charge in [0.05, 0.1) is 11.1 Å². The molecule has 0 aliphatic heterocycles. The first-order valence-corrected chi connectivity index (χ1v) is 11.2. The number of hydrogen-bond acceptors (Lipinski definition) is 2. The molecule has 4 heteroatoms. The lowest BCUT2D eigenvalue weighted by Gasteiger charge is -2.27. The van der Waals surface area contributed by atoms with Gasteiger partial charge in [0.25, 0.3) is 0 Å². The molecule has 2 aliphatic rings. The molecule has 2 aliphatic carbocycles. The molecule has 3 aromatic carbocycles. The molecule has 0 heterocycles. The number of hydrogen-bond donors (Lipinski definition) is 2. The van der Waals surface area contributed by atoms with Crippen LogP contribution in [0.2, 0.25) is 0 Å². The van der Waals surface area contributed by atoms with E-state index < -0.39 is 11.8 Å². The molecule has 0 atom stereocenters. The van der Waals surface area contributed by atoms with Gasteiger partial charge in [-0.3, -0.25) is 9.59 Å². The zero-order valence-electron chi connectivity index (χ0n) is 18.6. The van der Waals surface area contributed by atoms with Crippen molar-refractivity contribution < 1.29 is 9.59 Å². The highest BCUT2D eigenvalue weighted by Crippen LogP contribution is 2.40. The monoisotopic (exact) mass is 436 g/mol. The van der Waals surface area contributed by atoms with E-state index >= 15 is 0 Å². The van der Waals surface area contributed by atoms with Crippen molar-refractivity contribution in [1.29, 1.82) is 0 Å². The number of rotatable bonds is 4. The molecule has 33 heavy (non-hydrogen) atoms. The van der Waals surface area contributed by atoms with Gasteiger partial charge in [-0.15, -0.1) is 6.58 Å². The normalized spacial score (nSPS) is 13.3. The van der Waals surface area contributed by atoms with E-state index in [-0.39, 0.29) is 11.1 Å². The summed E-state index contributed by atoms with van der Waals surface area (Å²) >= 11 is 0. The molecule has 2 amide bonds. The van der Waals surface area contributed by atoms with Gasteiger partial charge in [0.15, 0.2) is 0 Å². The van der Waals surface area contributed by atoms with Crippen LogP contribution in [-0.4, -0.2) is 11.8 Å². The molecular formula is C29H28N2O2. The number of nitrogens with two attached hydrogens (primary N) is 2. The van der Waals surface area contributed by atoms with Crippen molar-refractivity contribution in [3.05, 3.63) is 113 Å². The highest BCUT2D eigenvalue weighted by atomic mass is 16.2. The molecule has 0 fully saturated rings. The summed E-state index contributed by atoms with van der Waals surface area (Å²) in [4.78, 5) is 21.5. The summed E-state index contributed by atoms with van der Waals surface area (Å²) in [5.41, 5.74) is 20.9. The van der Waals surface area contributed by atoms with Gasteiger partial charge in [0.2, 0.25) is 11.8 Å². The summed E-state index contributed by atoms with van der Waals surface area (Å²) < 4.78 is 0. The van der Waals surface area contributed by atoms with Crippen LogP contribution in [0.3, 0.4) is 0 Å². The second-order valence-corrected chi connectivity index (χ2v) is 8.31. The minimum absolute atomic E-state index is 0.157. The Bertz CT molecular complexity index is 1240. The summed E-state index contributed by atoms with van der Waals surface area (Å²) in [7, 11) is 0. The summed E-state index contributed by atoms with van der Waals surface area (Å²) in [5.74, 6) is -1.30. The molecule has 0 saturated carbocycles. The van der Waals surface area contributed by atoms with Crippen LogP contribution in [-0.2, 0) is 19.3 Å². The maximum absolute atomic E-state index is 10.7. The van der Waals surface area contributed by atoms with E-state index in [1.54, 1.807) is 23.3 Å². The molecule has 0 bridgehead atoms. The first-order valence-electron chi connectivity index (χ1n) is 11.2. The third kappa shape index (κ3) is 4.51. The Morgan fingerprint density at radius 3 is 2.03 bits per heavy atom. The maximum atomic E-state index is 10.7. The van der Waals surface area contributed by atoms with Crippen LogP contribution in [0, 0.1) is 0 Å². The molecule has 166 valence electrons. The summed E-state index contributed by atoms with van der Waals surface area (Å²) in [6.45, 7) is 3.90. The van der Waals surface area contributed by atoms with E-state index in [9.17, 15) is 9.59 Å². The molecule has 0 saturated heterocycles. The van der Waals surface area contributed by atoms with E-state index in [4.69, 9.17) is 11.5 Å². The molecule has 0 spiro atoms. The predicted octanol–water partition coefficient (Wildman–Crippen LogP) is 5.24. The Morgan fingerprint density at radius 1 is 0.758 bits per heavy atom. The van der Waals surface area contributed by atoms with E-state index in [2.05, 4.69) is 49.1 Å². The summed E-state index contributed by atoms with van der Waals surface area (Å²) in [5, 5.41) is 0. The average Bonchev–Trinajstić information content (AvgIpc) is 2.84. The Morgan fingerprint density at radius 2 is 1.36 bits per heavy atom. The number of benzene rings is 3. The van der Waals surface area contributed by atoms with Crippen molar-refractivity contribution in [3.8, 4) is 11.1 Å². The number of allylic oxidation sites excluding steroid dienone is 3. The SMILES string of the molecule is C=CCC1=CCCc2c1ccc1c2CCc2ccccc2-1.NC(=O)c1ccccc1C(N)=O. The fourth-order valence-corrected chi connectivity index (χ4v) is 4.84. The lowest BCUT2D eigenvalue weighted by atomic mass is 9.77. The van der Waals surface area contributed by atoms with E-state index in [0.717, 1.165) is 6.42 Å². The van der Waals surface area contributed by atoms with Crippen LogP contribution in [0.1, 0.15) is 55.8 Å². The highest BCUT2D eigenvalue weighted by molar-refractivity contribution is 6.06. The number of fused-ring (bicyclic) bond motifs is 5. The lowest BCUT2D eigenvalue weighted by Crippen LogP contribution is -2.20. The van der Waals surface area contributed by atoms with Gasteiger partial charge in [0, 0.05) is 0 Å². The fraction of sp³-hybridized carbons (Fsp3) is 0.172. The Kier molecular flexibility index (Phi) is 6.55. The van der Waals surface area contributed by atoms with E-state index in [0.29, 0.717) is 0 Å². The molecule has 0 unspecified atom stereocenters. The minimum atomic E-state index is -0.649. The lowest BCUT2D eigenvalue weighted by molar-refractivity contribution is 0.0967. The van der Waals surface area contributed by atoms with Gasteiger partial charge in [-0.05, 0) is 83.2 Å². The third-order valence-corrected chi connectivity index (χ3v) is 6.34. The first-order chi connectivity index (χ1) is 16.0. The molecule has 0 aromatic heterocycles. The van der Waals surface area contributed by atoms with Crippen LogP contribution in [0.4, 0.5) is 0 Å². The van der Waals surface area contributed by atoms with Gasteiger partial charge in [0.1, 0.15) is 0 Å². The topological polar surface area (TPSA) is 86.2 Å². The van der Waals surface area contributed by atoms with E-state index in [1.165, 1.54) is 65.6 Å². The van der Waals surface area contributed by atoms with Gasteiger partial charge in [-0.25, -0.2) is 0 Å². The zero-order chi connectivity index (χ0) is 23.4. The molecule has 5 rings (SSSR count). The molecule has 3 aromatic rings. The summed E-state index contributed by atoms with van der Waals surface area (Å²) in [6.07, 6.45) is 10.2. The number of carbonyl (C=O) groups excluding carboxylic acids is 2. The van der Waals surface area contributed by atoms with Crippen molar-refractivity contribution >= 4 is 17.4 Å². The van der Waals surface area contributed by atoms with Crippen LogP contribution >= 0.6 is 0 Å². The maximum Gasteiger partial charge on any atom is 0.249 e. The number of amides is 2. The highest BCUT2D eigenvalue weighted by Gasteiger charge is 2.22. The largest absolute Gasteiger partial charge is 0.366 e. The average molecular weight is 437 g/mol. The van der Waals surface area contributed by atoms with Crippen molar-refractivity contribution in [2.24, 2.45) is 11.5 Å². The molecule has 0 radical (unpaired) electrons. The van der Waals surface area contributed by atoms with Gasteiger partial charge in [-0.1, -0.05) is 60.7 Å². The summed E-state index contributed by atoms with van der Waals surface area (Å²) in [6, 6.07) is 19.7. The van der Waals surface area contributed by atoms with Crippen molar-refractivity contribution in [1.82, 2.24) is 0 Å². The zero-order valence-corrected chi connectivity index (χ0v) is 18.6. The predicted molar refractivity (Wildman–Crippen MR) is 134 cm³/mol. The van der Waals surface area contributed by atoms with Gasteiger partial charge in [-0.2, -0.15) is 0 Å². The van der Waals surface area contributed by atoms with Crippen LogP contribution in [0.5, 0.6) is 0 Å². The number of primary amides is 2. The van der Waals surface area contributed by atoms with Crippen LogP contribution in [0.25, 0.3) is 16.7 Å². The first kappa shape index (κ1) is 22.3. The molecule has 4 nitrogen and oxygen atoms in total. The molecular weight excluding hydrogens is 408 g/mol. The van der Waals surface area contributed by atoms with Crippen LogP contribution < -0.4 is 11.5 Å². The number of aryl methyl sites for hydroxylation is 1. The minimum Gasteiger partial charge on any atom is -0.366 e. The fourth-order valence-electron chi connectivity index (χ4n) is 4.84. The van der Waals surface area contributed by atoms with Crippen molar-refractivity contribution in [2.45, 2.75) is 32.1 Å². The van der Waals surface area contributed by atoms with Gasteiger partial charge >= 0.3 is 0 Å². The van der Waals surface area contributed by atoms with Crippen molar-refractivity contribution in [3.63, 3.8) is 0 Å². The second-order valence-electron chi connectivity index (χ2n) is 8.31. The Hall–Kier alpha value is -3.92.